The lowest BCUT2D eigenvalue weighted by molar-refractivity contribution is 0.672. The van der Waals surface area contributed by atoms with Gasteiger partial charge in [-0.3, -0.25) is 0 Å². The number of anilines is 1. The minimum absolute atomic E-state index is 0.487. The van der Waals surface area contributed by atoms with Crippen molar-refractivity contribution in [2.24, 2.45) is 0 Å². The highest BCUT2D eigenvalue weighted by molar-refractivity contribution is 6.06. The van der Waals surface area contributed by atoms with E-state index in [0.717, 1.165) is 47.1 Å². The summed E-state index contributed by atoms with van der Waals surface area (Å²) in [6.07, 6.45) is 4.40. The van der Waals surface area contributed by atoms with Crippen molar-refractivity contribution in [1.82, 2.24) is 14.6 Å². The third-order valence-electron chi connectivity index (χ3n) is 4.88. The number of benzene rings is 2. The zero-order valence-corrected chi connectivity index (χ0v) is 15.7. The number of rotatable bonds is 7. The Labute approximate surface area is 159 Å². The van der Waals surface area contributed by atoms with Crippen molar-refractivity contribution in [1.29, 1.82) is 0 Å². The van der Waals surface area contributed by atoms with E-state index in [1.807, 2.05) is 24.3 Å². The molecule has 0 fully saturated rings. The van der Waals surface area contributed by atoms with Crippen LogP contribution < -0.4 is 11.2 Å². The first-order valence-electron chi connectivity index (χ1n) is 9.61. The van der Waals surface area contributed by atoms with Crippen LogP contribution in [-0.4, -0.2) is 14.6 Å². The van der Waals surface area contributed by atoms with Crippen LogP contribution in [0, 0.1) is 0 Å². The lowest BCUT2D eigenvalue weighted by Crippen LogP contribution is -2.17. The molecule has 5 heteroatoms. The molecule has 0 radical (unpaired) electrons. The minimum Gasteiger partial charge on any atom is -0.382 e. The quantitative estimate of drug-likeness (QED) is 0.472. The van der Waals surface area contributed by atoms with E-state index in [0.29, 0.717) is 5.82 Å². The molecule has 0 aliphatic heterocycles. The third kappa shape index (κ3) is 3.45. The van der Waals surface area contributed by atoms with Crippen LogP contribution in [0.2, 0.25) is 0 Å². The molecular weight excluding hydrogens is 334 g/mol. The summed E-state index contributed by atoms with van der Waals surface area (Å²) in [6.45, 7) is 2.94. The molecule has 4 aromatic rings. The van der Waals surface area contributed by atoms with Gasteiger partial charge >= 0.3 is 0 Å². The summed E-state index contributed by atoms with van der Waals surface area (Å²) in [5.74, 6) is 1.50. The van der Waals surface area contributed by atoms with Gasteiger partial charge in [0.05, 0.1) is 12.1 Å². The number of para-hydroxylation sites is 1. The number of unbranched alkanes of at least 4 members (excludes halogenated alkanes) is 2. The van der Waals surface area contributed by atoms with E-state index in [2.05, 4.69) is 52.3 Å². The predicted molar refractivity (Wildman–Crippen MR) is 112 cm³/mol. The van der Waals surface area contributed by atoms with E-state index in [4.69, 9.17) is 10.7 Å². The van der Waals surface area contributed by atoms with E-state index in [-0.39, 0.29) is 0 Å². The molecule has 0 unspecified atom stereocenters. The number of hydrogen-bond donors (Lipinski definition) is 2. The molecule has 2 aromatic heterocycles. The number of nitrogens with one attached hydrogen (secondary N) is 1. The van der Waals surface area contributed by atoms with Gasteiger partial charge in [-0.25, -0.2) is 14.6 Å². The molecule has 0 aliphatic rings. The zero-order valence-electron chi connectivity index (χ0n) is 15.7. The molecular formula is C22H25N5. The molecule has 0 atom stereocenters. The normalized spacial score (nSPS) is 11.3. The summed E-state index contributed by atoms with van der Waals surface area (Å²) in [4.78, 5) is 9.41. The van der Waals surface area contributed by atoms with Gasteiger partial charge in [0.15, 0.2) is 5.82 Å². The van der Waals surface area contributed by atoms with Gasteiger partial charge in [0.2, 0.25) is 0 Å². The second kappa shape index (κ2) is 7.66. The summed E-state index contributed by atoms with van der Waals surface area (Å²) < 4.78 is 2.12. The highest BCUT2D eigenvalue weighted by atomic mass is 15.4. The monoisotopic (exact) mass is 359 g/mol. The van der Waals surface area contributed by atoms with Gasteiger partial charge in [-0.1, -0.05) is 68.3 Å². The largest absolute Gasteiger partial charge is 0.382 e. The van der Waals surface area contributed by atoms with Gasteiger partial charge in [-0.05, 0) is 18.1 Å². The van der Waals surface area contributed by atoms with Crippen LogP contribution >= 0.6 is 0 Å². The van der Waals surface area contributed by atoms with Crippen molar-refractivity contribution in [2.75, 3.05) is 11.2 Å². The Hall–Kier alpha value is -3.08. The molecule has 5 nitrogen and oxygen atoms in total. The zero-order chi connectivity index (χ0) is 18.6. The van der Waals surface area contributed by atoms with Gasteiger partial charge in [0, 0.05) is 11.8 Å². The first-order chi connectivity index (χ1) is 13.3. The predicted octanol–water partition coefficient (Wildman–Crippen LogP) is 4.64. The van der Waals surface area contributed by atoms with Gasteiger partial charge in [-0.2, -0.15) is 0 Å². The highest BCUT2D eigenvalue weighted by Crippen LogP contribution is 2.28. The Morgan fingerprint density at radius 3 is 2.56 bits per heavy atom. The van der Waals surface area contributed by atoms with E-state index in [9.17, 15) is 0 Å². The molecule has 2 aromatic carbocycles. The number of hydrogen-bond acceptors (Lipinski definition) is 4. The number of aromatic nitrogens is 3. The standard InChI is InChI=1S/C22H25N5/c1-2-3-5-14-19-26-20-21(17-12-8-9-13-18(17)25-22(20)23)27(19)24-15-16-10-6-4-7-11-16/h4,6-13,24H,2-3,5,14-15H2,1H3,(H2,23,25). The van der Waals surface area contributed by atoms with Gasteiger partial charge in [0.1, 0.15) is 16.9 Å². The Bertz CT molecular complexity index is 1050. The van der Waals surface area contributed by atoms with Crippen molar-refractivity contribution in [3.8, 4) is 0 Å². The van der Waals surface area contributed by atoms with Crippen molar-refractivity contribution >= 4 is 27.8 Å². The second-order valence-corrected chi connectivity index (χ2v) is 6.85. The van der Waals surface area contributed by atoms with Gasteiger partial charge < -0.3 is 11.2 Å². The maximum absolute atomic E-state index is 6.25. The molecule has 3 N–H and O–H groups in total. The Balaban J connectivity index is 1.82. The number of nitrogen functional groups attached to an aromatic ring is 1. The molecule has 4 rings (SSSR count). The van der Waals surface area contributed by atoms with Crippen molar-refractivity contribution < 1.29 is 0 Å². The Morgan fingerprint density at radius 2 is 1.74 bits per heavy atom. The third-order valence-corrected chi connectivity index (χ3v) is 4.88. The first kappa shape index (κ1) is 17.3. The summed E-state index contributed by atoms with van der Waals surface area (Å²) >= 11 is 0. The number of pyridine rings is 1. The summed E-state index contributed by atoms with van der Waals surface area (Å²) in [5.41, 5.74) is 13.7. The van der Waals surface area contributed by atoms with E-state index in [1.54, 1.807) is 0 Å². The van der Waals surface area contributed by atoms with Crippen LogP contribution in [0.1, 0.15) is 37.6 Å². The summed E-state index contributed by atoms with van der Waals surface area (Å²) in [6, 6.07) is 18.5. The topological polar surface area (TPSA) is 68.8 Å². The second-order valence-electron chi connectivity index (χ2n) is 6.85. The molecule has 0 spiro atoms. The highest BCUT2D eigenvalue weighted by Gasteiger charge is 2.17. The molecule has 0 amide bonds. The number of imidazole rings is 1. The van der Waals surface area contributed by atoms with Crippen LogP contribution in [0.25, 0.3) is 21.9 Å². The minimum atomic E-state index is 0.487. The fourth-order valence-corrected chi connectivity index (χ4v) is 3.49. The number of nitrogens with two attached hydrogens (primary N) is 1. The lowest BCUT2D eigenvalue weighted by atomic mass is 10.2. The molecule has 27 heavy (non-hydrogen) atoms. The fourth-order valence-electron chi connectivity index (χ4n) is 3.49. The SMILES string of the molecule is CCCCCc1nc2c(N)nc3ccccc3c2n1NCc1ccccc1. The molecule has 2 heterocycles. The van der Waals surface area contributed by atoms with Crippen LogP contribution in [0.4, 0.5) is 5.82 Å². The number of aryl methyl sites for hydroxylation is 1. The van der Waals surface area contributed by atoms with Crippen LogP contribution in [0.15, 0.2) is 54.6 Å². The van der Waals surface area contributed by atoms with Gasteiger partial charge in [-0.15, -0.1) is 0 Å². The smallest absolute Gasteiger partial charge is 0.152 e. The molecule has 0 bridgehead atoms. The van der Waals surface area contributed by atoms with Crippen LogP contribution in [0.5, 0.6) is 0 Å². The Kier molecular flexibility index (Phi) is 4.92. The summed E-state index contributed by atoms with van der Waals surface area (Å²) in [5, 5.41) is 1.07. The number of nitrogens with zero attached hydrogens (tertiary/aromatic N) is 3. The van der Waals surface area contributed by atoms with Crippen molar-refractivity contribution in [3.05, 3.63) is 66.0 Å². The van der Waals surface area contributed by atoms with Crippen LogP contribution in [-0.2, 0) is 13.0 Å². The Morgan fingerprint density at radius 1 is 0.963 bits per heavy atom. The maximum atomic E-state index is 6.25. The molecule has 138 valence electrons. The van der Waals surface area contributed by atoms with Crippen molar-refractivity contribution in [3.63, 3.8) is 0 Å². The molecule has 0 aliphatic carbocycles. The molecule has 0 saturated carbocycles. The lowest BCUT2D eigenvalue weighted by Gasteiger charge is -2.13. The molecule has 0 saturated heterocycles. The average molecular weight is 359 g/mol. The fraction of sp³-hybridized carbons (Fsp3) is 0.273. The summed E-state index contributed by atoms with van der Waals surface area (Å²) in [7, 11) is 0. The van der Waals surface area contributed by atoms with E-state index in [1.165, 1.54) is 18.4 Å². The first-order valence-corrected chi connectivity index (χ1v) is 9.61. The van der Waals surface area contributed by atoms with E-state index >= 15 is 0 Å². The van der Waals surface area contributed by atoms with Gasteiger partial charge in [0.25, 0.3) is 0 Å². The van der Waals surface area contributed by atoms with Crippen LogP contribution in [0.3, 0.4) is 0 Å². The maximum Gasteiger partial charge on any atom is 0.152 e. The van der Waals surface area contributed by atoms with E-state index < -0.39 is 0 Å². The van der Waals surface area contributed by atoms with Crippen molar-refractivity contribution in [2.45, 2.75) is 39.2 Å². The average Bonchev–Trinajstić information content (AvgIpc) is 3.07. The number of fused-ring (bicyclic) bond motifs is 3.